The third kappa shape index (κ3) is 4.86. The number of carbonyl (C=O) groups is 2. The minimum absolute atomic E-state index is 0.174. The molecular formula is C19H19N5O6S. The minimum Gasteiger partial charge on any atom is -0.505 e. The van der Waals surface area contributed by atoms with Crippen LogP contribution in [0.3, 0.4) is 0 Å². The number of hydrogen-bond acceptors (Lipinski definition) is 9. The Bertz CT molecular complexity index is 1250. The number of ketones is 1. The van der Waals surface area contributed by atoms with Crippen LogP contribution >= 0.6 is 0 Å². The van der Waals surface area contributed by atoms with E-state index in [2.05, 4.69) is 20.8 Å². The Balaban J connectivity index is 1.91. The number of Topliss-reactive ketones (excluding diaryl/α,β-unsaturated/α-hetero) is 1. The zero-order chi connectivity index (χ0) is 22.8. The summed E-state index contributed by atoms with van der Waals surface area (Å²) >= 11 is 0. The van der Waals surface area contributed by atoms with Gasteiger partial charge in [-0.15, -0.1) is 5.10 Å². The summed E-state index contributed by atoms with van der Waals surface area (Å²) in [5.41, 5.74) is 0.302. The summed E-state index contributed by atoms with van der Waals surface area (Å²) in [7, 11) is -2.17. The van der Waals surface area contributed by atoms with E-state index in [4.69, 9.17) is 4.74 Å². The average molecular weight is 445 g/mol. The SMILES string of the molecule is COc1ccc(Cn2nnnc2C(=O)Nc2cc(S(C)(=O)=O)cc(C(C)=O)c2O)cc1. The molecule has 1 amide bonds. The van der Waals surface area contributed by atoms with Gasteiger partial charge in [0.15, 0.2) is 15.6 Å². The van der Waals surface area contributed by atoms with E-state index >= 15 is 0 Å². The number of amides is 1. The van der Waals surface area contributed by atoms with Crippen LogP contribution in [0.4, 0.5) is 5.69 Å². The fourth-order valence-electron chi connectivity index (χ4n) is 2.74. The predicted molar refractivity (Wildman–Crippen MR) is 109 cm³/mol. The lowest BCUT2D eigenvalue weighted by Gasteiger charge is -2.12. The van der Waals surface area contributed by atoms with Gasteiger partial charge in [-0.1, -0.05) is 12.1 Å². The molecule has 0 aliphatic rings. The summed E-state index contributed by atoms with van der Waals surface area (Å²) in [5.74, 6) is -1.43. The number of aromatic hydroxyl groups is 1. The Morgan fingerprint density at radius 2 is 1.87 bits per heavy atom. The molecule has 0 fully saturated rings. The second-order valence-electron chi connectivity index (χ2n) is 6.66. The number of carbonyl (C=O) groups excluding carboxylic acids is 2. The van der Waals surface area contributed by atoms with Crippen molar-refractivity contribution in [1.82, 2.24) is 20.2 Å². The van der Waals surface area contributed by atoms with Crippen molar-refractivity contribution in [3.63, 3.8) is 0 Å². The molecule has 3 rings (SSSR count). The molecule has 0 aliphatic heterocycles. The molecule has 2 aromatic carbocycles. The second kappa shape index (κ2) is 8.52. The number of anilines is 1. The molecule has 1 aromatic heterocycles. The van der Waals surface area contributed by atoms with Crippen LogP contribution in [0.15, 0.2) is 41.3 Å². The molecule has 12 heteroatoms. The number of phenols is 1. The minimum atomic E-state index is -3.71. The molecule has 0 aliphatic carbocycles. The van der Waals surface area contributed by atoms with E-state index in [1.807, 2.05) is 0 Å². The highest BCUT2D eigenvalue weighted by Gasteiger charge is 2.22. The molecule has 1 heterocycles. The Morgan fingerprint density at radius 3 is 2.45 bits per heavy atom. The van der Waals surface area contributed by atoms with E-state index < -0.39 is 27.3 Å². The number of sulfone groups is 1. The van der Waals surface area contributed by atoms with Gasteiger partial charge in [-0.05, 0) is 47.2 Å². The third-order valence-electron chi connectivity index (χ3n) is 4.37. The van der Waals surface area contributed by atoms with E-state index in [-0.39, 0.29) is 28.5 Å². The smallest absolute Gasteiger partial charge is 0.295 e. The van der Waals surface area contributed by atoms with E-state index in [9.17, 15) is 23.1 Å². The number of nitrogens with one attached hydrogen (secondary N) is 1. The van der Waals surface area contributed by atoms with Crippen LogP contribution in [0.1, 0.15) is 33.5 Å². The lowest BCUT2D eigenvalue weighted by atomic mass is 10.1. The molecule has 0 radical (unpaired) electrons. The summed E-state index contributed by atoms with van der Waals surface area (Å²) < 4.78 is 30.2. The Hall–Kier alpha value is -3.80. The highest BCUT2D eigenvalue weighted by molar-refractivity contribution is 7.90. The first-order valence-electron chi connectivity index (χ1n) is 8.88. The number of benzene rings is 2. The summed E-state index contributed by atoms with van der Waals surface area (Å²) in [4.78, 5) is 24.3. The van der Waals surface area contributed by atoms with Crippen LogP contribution in [0, 0.1) is 0 Å². The quantitative estimate of drug-likeness (QED) is 0.404. The fourth-order valence-corrected chi connectivity index (χ4v) is 3.41. The number of phenolic OH excluding ortho intramolecular Hbond substituents is 1. The summed E-state index contributed by atoms with van der Waals surface area (Å²) in [6.45, 7) is 1.34. The number of nitrogens with zero attached hydrogens (tertiary/aromatic N) is 4. The van der Waals surface area contributed by atoms with Crippen molar-refractivity contribution in [2.45, 2.75) is 18.4 Å². The number of ether oxygens (including phenoxy) is 1. The number of hydrogen-bond donors (Lipinski definition) is 2. The summed E-state index contributed by atoms with van der Waals surface area (Å²) in [5, 5.41) is 23.7. The fraction of sp³-hybridized carbons (Fsp3) is 0.211. The maximum absolute atomic E-state index is 12.7. The highest BCUT2D eigenvalue weighted by atomic mass is 32.2. The van der Waals surface area contributed by atoms with Gasteiger partial charge in [-0.25, -0.2) is 13.1 Å². The van der Waals surface area contributed by atoms with Crippen LogP contribution in [0.25, 0.3) is 0 Å². The topological polar surface area (TPSA) is 153 Å². The standard InChI is InChI=1S/C19H19N5O6S/c1-11(25)15-8-14(31(3,28)29)9-16(17(15)26)20-19(27)18-21-22-23-24(18)10-12-4-6-13(30-2)7-5-12/h4-9,26H,10H2,1-3H3,(H,20,27). The van der Waals surface area contributed by atoms with E-state index in [1.165, 1.54) is 11.6 Å². The molecule has 0 saturated heterocycles. The normalized spacial score (nSPS) is 11.2. The van der Waals surface area contributed by atoms with Crippen LogP contribution in [-0.2, 0) is 16.4 Å². The molecule has 0 atom stereocenters. The van der Waals surface area contributed by atoms with Crippen molar-refractivity contribution in [2.24, 2.45) is 0 Å². The largest absolute Gasteiger partial charge is 0.505 e. The van der Waals surface area contributed by atoms with Crippen LogP contribution < -0.4 is 10.1 Å². The van der Waals surface area contributed by atoms with Gasteiger partial charge in [0.05, 0.1) is 29.8 Å². The van der Waals surface area contributed by atoms with Crippen molar-refractivity contribution in [3.05, 3.63) is 53.3 Å². The molecular weight excluding hydrogens is 426 g/mol. The molecule has 0 unspecified atom stereocenters. The number of methoxy groups -OCH3 is 1. The van der Waals surface area contributed by atoms with Gasteiger partial charge >= 0.3 is 0 Å². The van der Waals surface area contributed by atoms with E-state index in [1.54, 1.807) is 31.4 Å². The Morgan fingerprint density at radius 1 is 1.19 bits per heavy atom. The van der Waals surface area contributed by atoms with Crippen molar-refractivity contribution < 1.29 is 27.9 Å². The van der Waals surface area contributed by atoms with Crippen molar-refractivity contribution >= 4 is 27.2 Å². The zero-order valence-corrected chi connectivity index (χ0v) is 17.7. The third-order valence-corrected chi connectivity index (χ3v) is 5.46. The van der Waals surface area contributed by atoms with Crippen LogP contribution in [0.5, 0.6) is 11.5 Å². The summed E-state index contributed by atoms with van der Waals surface area (Å²) in [6, 6.07) is 9.17. The Kier molecular flexibility index (Phi) is 6.02. The zero-order valence-electron chi connectivity index (χ0n) is 16.9. The van der Waals surface area contributed by atoms with E-state index in [0.717, 1.165) is 24.0 Å². The average Bonchev–Trinajstić information content (AvgIpc) is 3.17. The number of tetrazole rings is 1. The van der Waals surface area contributed by atoms with Gasteiger partial charge in [-0.3, -0.25) is 9.59 Å². The molecule has 0 spiro atoms. The number of rotatable bonds is 7. The van der Waals surface area contributed by atoms with Crippen molar-refractivity contribution in [2.75, 3.05) is 18.7 Å². The van der Waals surface area contributed by atoms with Gasteiger partial charge in [0.2, 0.25) is 5.82 Å². The molecule has 0 bridgehead atoms. The second-order valence-corrected chi connectivity index (χ2v) is 8.67. The molecule has 2 N–H and O–H groups in total. The van der Waals surface area contributed by atoms with Gasteiger partial charge in [0.1, 0.15) is 11.5 Å². The van der Waals surface area contributed by atoms with Gasteiger partial charge < -0.3 is 15.2 Å². The van der Waals surface area contributed by atoms with Crippen LogP contribution in [0.2, 0.25) is 0 Å². The molecule has 162 valence electrons. The molecule has 11 nitrogen and oxygen atoms in total. The predicted octanol–water partition coefficient (Wildman–Crippen LogP) is 1.29. The lowest BCUT2D eigenvalue weighted by molar-refractivity contribution is 0.0997. The van der Waals surface area contributed by atoms with Crippen molar-refractivity contribution in [3.8, 4) is 11.5 Å². The maximum Gasteiger partial charge on any atom is 0.295 e. The van der Waals surface area contributed by atoms with Crippen molar-refractivity contribution in [1.29, 1.82) is 0 Å². The summed E-state index contributed by atoms with van der Waals surface area (Å²) in [6.07, 6.45) is 0.949. The lowest BCUT2D eigenvalue weighted by Crippen LogP contribution is -2.20. The molecule has 3 aromatic rings. The van der Waals surface area contributed by atoms with E-state index in [0.29, 0.717) is 5.75 Å². The molecule has 31 heavy (non-hydrogen) atoms. The van der Waals surface area contributed by atoms with Gasteiger partial charge in [-0.2, -0.15) is 0 Å². The van der Waals surface area contributed by atoms with Crippen LogP contribution in [-0.4, -0.2) is 58.8 Å². The maximum atomic E-state index is 12.7. The monoisotopic (exact) mass is 445 g/mol. The first-order valence-corrected chi connectivity index (χ1v) is 10.8. The first-order chi connectivity index (χ1) is 14.6. The number of aromatic nitrogens is 4. The van der Waals surface area contributed by atoms with Gasteiger partial charge in [0, 0.05) is 6.26 Å². The Labute approximate surface area is 177 Å². The molecule has 0 saturated carbocycles. The highest BCUT2D eigenvalue weighted by Crippen LogP contribution is 2.32. The van der Waals surface area contributed by atoms with Gasteiger partial charge in [0.25, 0.3) is 5.91 Å². The first kappa shape index (κ1) is 21.9.